The summed E-state index contributed by atoms with van der Waals surface area (Å²) in [4.78, 5) is 8.32. The minimum absolute atomic E-state index is 0. The van der Waals surface area contributed by atoms with E-state index in [9.17, 15) is 0 Å². The van der Waals surface area contributed by atoms with Crippen molar-refractivity contribution in [3.63, 3.8) is 0 Å². The smallest absolute Gasteiger partial charge is 0.175 e. The topological polar surface area (TPSA) is 9.72 Å². The third kappa shape index (κ3) is 2.82. The molecule has 4 fully saturated rings. The average molecular weight is 397 g/mol. The first-order chi connectivity index (χ1) is 13.3. The first-order valence-electron chi connectivity index (χ1n) is 10.5. The Balaban J connectivity index is 0.00000171. The highest BCUT2D eigenvalue weighted by Gasteiger charge is 2.60. The van der Waals surface area contributed by atoms with Crippen molar-refractivity contribution in [1.29, 1.82) is 0 Å². The van der Waals surface area contributed by atoms with Gasteiger partial charge >= 0.3 is 0 Å². The maximum Gasteiger partial charge on any atom is 0.175 e. The second kappa shape index (κ2) is 7.12. The molecule has 3 unspecified atom stereocenters. The molecule has 6 rings (SSSR count). The Morgan fingerprint density at radius 1 is 0.679 bits per heavy atom. The van der Waals surface area contributed by atoms with Crippen LogP contribution in [0.15, 0.2) is 54.6 Å². The van der Waals surface area contributed by atoms with Crippen molar-refractivity contribution in [2.75, 3.05) is 52.4 Å². The Morgan fingerprint density at radius 3 is 1.96 bits per heavy atom. The number of piperazine rings is 2. The second-order valence-electron chi connectivity index (χ2n) is 8.82. The van der Waals surface area contributed by atoms with Crippen molar-refractivity contribution in [3.8, 4) is 11.1 Å². The zero-order valence-corrected chi connectivity index (χ0v) is 17.1. The van der Waals surface area contributed by atoms with Crippen molar-refractivity contribution in [2.24, 2.45) is 0 Å². The fraction of sp³-hybridized carbons (Fsp3) is 0.478. The molecule has 0 amide bonds. The molecule has 5 heteroatoms. The van der Waals surface area contributed by atoms with Gasteiger partial charge in [-0.1, -0.05) is 54.6 Å². The molecule has 0 aromatic heterocycles. The highest BCUT2D eigenvalue weighted by atomic mass is 35.5. The van der Waals surface area contributed by atoms with Crippen molar-refractivity contribution >= 4 is 0 Å². The molecule has 28 heavy (non-hydrogen) atoms. The molecule has 2 aromatic carbocycles. The van der Waals surface area contributed by atoms with Gasteiger partial charge in [0.1, 0.15) is 12.7 Å². The number of quaternary nitrogens is 1. The van der Waals surface area contributed by atoms with E-state index in [1.165, 1.54) is 80.1 Å². The van der Waals surface area contributed by atoms with Gasteiger partial charge in [-0.15, -0.1) is 0 Å². The predicted octanol–water partition coefficient (Wildman–Crippen LogP) is -0.713. The number of halogens is 1. The molecule has 4 aliphatic heterocycles. The van der Waals surface area contributed by atoms with E-state index in [1.807, 2.05) is 0 Å². The number of hydrogen-bond acceptors (Lipinski definition) is 3. The monoisotopic (exact) mass is 396 g/mol. The standard InChI is InChI=1S/C23H29N4.ClH/c1-2-4-20(5-3-1)21-8-6-19(7-9-21)18-27-16-14-25-11-10-24-12-13-26(15-17-27)23(27)22(24)25;/h1-9,22-23H,10-18H2;1H/q+1;/p-1. The molecular formula is C23H29ClN4. The summed E-state index contributed by atoms with van der Waals surface area (Å²) >= 11 is 0. The van der Waals surface area contributed by atoms with E-state index < -0.39 is 0 Å². The number of hydrogen-bond donors (Lipinski definition) is 0. The summed E-state index contributed by atoms with van der Waals surface area (Å²) in [6.07, 6.45) is 1.35. The molecule has 0 aliphatic carbocycles. The molecule has 4 saturated heterocycles. The molecule has 148 valence electrons. The van der Waals surface area contributed by atoms with Crippen LogP contribution in [0.1, 0.15) is 5.56 Å². The highest BCUT2D eigenvalue weighted by molar-refractivity contribution is 5.63. The molecule has 2 aromatic rings. The van der Waals surface area contributed by atoms with E-state index in [4.69, 9.17) is 0 Å². The van der Waals surface area contributed by atoms with E-state index in [-0.39, 0.29) is 12.4 Å². The van der Waals surface area contributed by atoms with Gasteiger partial charge in [-0.05, 0) is 11.1 Å². The van der Waals surface area contributed by atoms with Crippen LogP contribution in [0, 0.1) is 0 Å². The quantitative estimate of drug-likeness (QED) is 0.634. The molecule has 0 bridgehead atoms. The minimum atomic E-state index is 0. The third-order valence-corrected chi connectivity index (χ3v) is 7.52. The number of nitrogens with zero attached hydrogens (tertiary/aromatic N) is 4. The molecule has 4 heterocycles. The van der Waals surface area contributed by atoms with Gasteiger partial charge in [-0.3, -0.25) is 9.80 Å². The predicted molar refractivity (Wildman–Crippen MR) is 108 cm³/mol. The van der Waals surface area contributed by atoms with E-state index in [1.54, 1.807) is 0 Å². The number of rotatable bonds is 3. The van der Waals surface area contributed by atoms with E-state index in [0.717, 1.165) is 0 Å². The van der Waals surface area contributed by atoms with Crippen molar-refractivity contribution < 1.29 is 16.9 Å². The molecule has 4 nitrogen and oxygen atoms in total. The Kier molecular flexibility index (Phi) is 4.73. The van der Waals surface area contributed by atoms with Crippen molar-refractivity contribution in [2.45, 2.75) is 18.9 Å². The maximum atomic E-state index is 2.80. The molecule has 0 spiro atoms. The number of benzene rings is 2. The second-order valence-corrected chi connectivity index (χ2v) is 8.82. The largest absolute Gasteiger partial charge is 1.00 e. The minimum Gasteiger partial charge on any atom is -1.00 e. The van der Waals surface area contributed by atoms with Gasteiger partial charge < -0.3 is 16.9 Å². The fourth-order valence-corrected chi connectivity index (χ4v) is 6.15. The van der Waals surface area contributed by atoms with Crippen LogP contribution in [0.2, 0.25) is 0 Å². The van der Waals surface area contributed by atoms with Gasteiger partial charge in [0.05, 0.1) is 19.6 Å². The van der Waals surface area contributed by atoms with Crippen LogP contribution in [0.3, 0.4) is 0 Å². The summed E-state index contributed by atoms with van der Waals surface area (Å²) in [5, 5.41) is 0. The fourth-order valence-electron chi connectivity index (χ4n) is 6.15. The summed E-state index contributed by atoms with van der Waals surface area (Å²) in [5.41, 5.74) is 4.14. The average Bonchev–Trinajstić information content (AvgIpc) is 3.30. The Morgan fingerprint density at radius 2 is 1.25 bits per heavy atom. The van der Waals surface area contributed by atoms with Gasteiger partial charge in [0.2, 0.25) is 0 Å². The first-order valence-corrected chi connectivity index (χ1v) is 10.5. The zero-order valence-electron chi connectivity index (χ0n) is 16.4. The molecule has 0 N–H and O–H groups in total. The van der Waals surface area contributed by atoms with Crippen molar-refractivity contribution in [3.05, 3.63) is 60.2 Å². The van der Waals surface area contributed by atoms with Gasteiger partial charge in [0.25, 0.3) is 0 Å². The molecular weight excluding hydrogens is 368 g/mol. The molecule has 0 saturated carbocycles. The van der Waals surface area contributed by atoms with Crippen LogP contribution in [-0.4, -0.2) is 83.9 Å². The van der Waals surface area contributed by atoms with Crippen LogP contribution in [0.4, 0.5) is 0 Å². The SMILES string of the molecule is [Cl-].c1ccc(-c2ccc(C[N+]34CCN5CCN6CCN(CC3)C4C65)cc2)cc1. The lowest BCUT2D eigenvalue weighted by Gasteiger charge is -2.54. The Labute approximate surface area is 174 Å². The van der Waals surface area contributed by atoms with Crippen LogP contribution < -0.4 is 12.4 Å². The Bertz CT molecular complexity index is 820. The summed E-state index contributed by atoms with van der Waals surface area (Å²) in [5.74, 6) is 0. The molecule has 3 atom stereocenters. The van der Waals surface area contributed by atoms with Crippen molar-refractivity contribution in [1.82, 2.24) is 14.7 Å². The third-order valence-electron chi connectivity index (χ3n) is 7.52. The molecule has 0 radical (unpaired) electrons. The highest BCUT2D eigenvalue weighted by Crippen LogP contribution is 2.40. The molecule has 4 aliphatic rings. The van der Waals surface area contributed by atoms with Gasteiger partial charge in [0, 0.05) is 38.3 Å². The maximum absolute atomic E-state index is 2.80. The van der Waals surface area contributed by atoms with Gasteiger partial charge in [0.15, 0.2) is 6.17 Å². The van der Waals surface area contributed by atoms with E-state index in [0.29, 0.717) is 12.3 Å². The van der Waals surface area contributed by atoms with Crippen LogP contribution in [0.25, 0.3) is 11.1 Å². The van der Waals surface area contributed by atoms with E-state index in [2.05, 4.69) is 69.3 Å². The first kappa shape index (κ1) is 18.6. The lowest BCUT2D eigenvalue weighted by atomic mass is 10.0. The summed E-state index contributed by atoms with van der Waals surface area (Å²) < 4.78 is 1.28. The zero-order chi connectivity index (χ0) is 17.8. The van der Waals surface area contributed by atoms with Gasteiger partial charge in [-0.25, -0.2) is 4.90 Å². The van der Waals surface area contributed by atoms with Crippen LogP contribution >= 0.6 is 0 Å². The van der Waals surface area contributed by atoms with Crippen LogP contribution in [-0.2, 0) is 6.54 Å². The van der Waals surface area contributed by atoms with Crippen LogP contribution in [0.5, 0.6) is 0 Å². The van der Waals surface area contributed by atoms with E-state index >= 15 is 0 Å². The summed E-state index contributed by atoms with van der Waals surface area (Å²) in [6.45, 7) is 11.5. The Hall–Kier alpha value is -1.43. The summed E-state index contributed by atoms with van der Waals surface area (Å²) in [7, 11) is 0. The lowest BCUT2D eigenvalue weighted by Crippen LogP contribution is -3.00. The van der Waals surface area contributed by atoms with Gasteiger partial charge in [-0.2, -0.15) is 0 Å². The normalized spacial score (nSPS) is 32.1. The summed E-state index contributed by atoms with van der Waals surface area (Å²) in [6, 6.07) is 20.1. The lowest BCUT2D eigenvalue weighted by molar-refractivity contribution is -0.966.